The average Bonchev–Trinajstić information content (AvgIpc) is 2.78. The molecule has 0 amide bonds. The maximum atomic E-state index is 15.0. The van der Waals surface area contributed by atoms with E-state index in [9.17, 15) is 8.78 Å². The summed E-state index contributed by atoms with van der Waals surface area (Å²) in [5.41, 5.74) is 3.97. The van der Waals surface area contributed by atoms with Gasteiger partial charge in [-0.3, -0.25) is 0 Å². The monoisotopic (exact) mass is 393 g/mol. The van der Waals surface area contributed by atoms with E-state index in [4.69, 9.17) is 5.26 Å². The van der Waals surface area contributed by atoms with Crippen LogP contribution in [-0.4, -0.2) is 0 Å². The van der Waals surface area contributed by atoms with Gasteiger partial charge in [0.25, 0.3) is 0 Å². The zero-order chi connectivity index (χ0) is 21.1. The summed E-state index contributed by atoms with van der Waals surface area (Å²) in [5.74, 6) is 4.50. The van der Waals surface area contributed by atoms with E-state index in [2.05, 4.69) is 43.0 Å². The molecule has 0 bridgehead atoms. The summed E-state index contributed by atoms with van der Waals surface area (Å²) >= 11 is 0. The number of nitriles is 1. The van der Waals surface area contributed by atoms with Crippen LogP contribution in [0.4, 0.5) is 8.78 Å². The molecule has 0 spiro atoms. The molecule has 3 heteroatoms. The molecule has 0 aliphatic rings. The molecule has 1 nitrogen and oxygen atoms in total. The summed E-state index contributed by atoms with van der Waals surface area (Å²) in [7, 11) is 0. The molecule has 144 valence electrons. The van der Waals surface area contributed by atoms with Gasteiger partial charge in [-0.1, -0.05) is 61.2 Å². The lowest BCUT2D eigenvalue weighted by Crippen LogP contribution is -1.89. The van der Waals surface area contributed by atoms with Crippen LogP contribution in [0.15, 0.2) is 72.8 Å². The van der Waals surface area contributed by atoms with Crippen molar-refractivity contribution in [2.75, 3.05) is 0 Å². The lowest BCUT2D eigenvalue weighted by molar-refractivity contribution is 0.623. The second-order valence-corrected chi connectivity index (χ2v) is 6.97. The molecule has 0 saturated heterocycles. The predicted octanol–water partition coefficient (Wildman–Crippen LogP) is 6.62. The first-order chi connectivity index (χ1) is 14.6. The molecule has 0 radical (unpaired) electrons. The van der Waals surface area contributed by atoms with Gasteiger partial charge in [-0.15, -0.1) is 0 Å². The highest BCUT2D eigenvalue weighted by atomic mass is 19.1. The highest BCUT2D eigenvalue weighted by molar-refractivity contribution is 5.89. The summed E-state index contributed by atoms with van der Waals surface area (Å²) in [4.78, 5) is 0. The van der Waals surface area contributed by atoms with Crippen LogP contribution in [0.5, 0.6) is 0 Å². The number of hydrogen-bond acceptors (Lipinski definition) is 1. The molecule has 0 N–H and O–H groups in total. The van der Waals surface area contributed by atoms with E-state index < -0.39 is 11.6 Å². The zero-order valence-electron chi connectivity index (χ0n) is 16.3. The molecular formula is C27H17F2N. The van der Waals surface area contributed by atoms with E-state index in [0.717, 1.165) is 22.9 Å². The van der Waals surface area contributed by atoms with Gasteiger partial charge in [0.1, 0.15) is 17.7 Å². The predicted molar refractivity (Wildman–Crippen MR) is 116 cm³/mol. The minimum atomic E-state index is -0.636. The third-order valence-corrected chi connectivity index (χ3v) is 5.08. The molecule has 0 saturated carbocycles. The molecule has 30 heavy (non-hydrogen) atoms. The Labute approximate surface area is 174 Å². The van der Waals surface area contributed by atoms with Crippen LogP contribution < -0.4 is 0 Å². The molecule has 0 fully saturated rings. The first-order valence-corrected chi connectivity index (χ1v) is 9.62. The maximum absolute atomic E-state index is 15.0. The van der Waals surface area contributed by atoms with E-state index in [-0.39, 0.29) is 11.1 Å². The van der Waals surface area contributed by atoms with Crippen molar-refractivity contribution in [3.05, 3.63) is 107 Å². The first-order valence-electron chi connectivity index (χ1n) is 9.62. The van der Waals surface area contributed by atoms with Gasteiger partial charge < -0.3 is 0 Å². The zero-order valence-corrected chi connectivity index (χ0v) is 16.3. The fraction of sp³-hybridized carbons (Fsp3) is 0.0741. The van der Waals surface area contributed by atoms with Gasteiger partial charge in [0.05, 0.1) is 11.1 Å². The fourth-order valence-electron chi connectivity index (χ4n) is 3.32. The molecule has 0 aliphatic heterocycles. The molecule has 0 heterocycles. The number of hydrogen-bond donors (Lipinski definition) is 0. The van der Waals surface area contributed by atoms with Crippen LogP contribution in [0.1, 0.15) is 29.2 Å². The Morgan fingerprint density at radius 2 is 1.50 bits per heavy atom. The summed E-state index contributed by atoms with van der Waals surface area (Å²) < 4.78 is 28.7. The molecule has 0 atom stereocenters. The Kier molecular flexibility index (Phi) is 5.29. The summed E-state index contributed by atoms with van der Waals surface area (Å²) in [6.45, 7) is 2.12. The normalized spacial score (nSPS) is 10.3. The van der Waals surface area contributed by atoms with Crippen LogP contribution in [0.25, 0.3) is 21.9 Å². The lowest BCUT2D eigenvalue weighted by atomic mass is 9.98. The lowest BCUT2D eigenvalue weighted by Gasteiger charge is -2.07. The topological polar surface area (TPSA) is 23.8 Å². The van der Waals surface area contributed by atoms with Crippen LogP contribution in [0, 0.1) is 34.8 Å². The van der Waals surface area contributed by atoms with E-state index in [1.54, 1.807) is 24.3 Å². The van der Waals surface area contributed by atoms with Gasteiger partial charge in [0.15, 0.2) is 0 Å². The summed E-state index contributed by atoms with van der Waals surface area (Å²) in [6.07, 6.45) is 0.988. The number of nitrogens with zero attached hydrogens (tertiary/aromatic N) is 1. The number of aryl methyl sites for hydroxylation is 1. The number of rotatable bonds is 2. The highest BCUT2D eigenvalue weighted by Crippen LogP contribution is 2.27. The molecule has 0 aliphatic carbocycles. The van der Waals surface area contributed by atoms with E-state index in [0.29, 0.717) is 10.9 Å². The minimum absolute atomic E-state index is 0.0439. The average molecular weight is 393 g/mol. The third kappa shape index (κ3) is 3.79. The van der Waals surface area contributed by atoms with Gasteiger partial charge in [0.2, 0.25) is 0 Å². The van der Waals surface area contributed by atoms with Gasteiger partial charge in [-0.2, -0.15) is 5.26 Å². The number of benzene rings is 4. The smallest absolute Gasteiger partial charge is 0.146 e. The van der Waals surface area contributed by atoms with Gasteiger partial charge >= 0.3 is 0 Å². The van der Waals surface area contributed by atoms with E-state index >= 15 is 0 Å². The maximum Gasteiger partial charge on any atom is 0.146 e. The molecule has 4 rings (SSSR count). The van der Waals surface area contributed by atoms with Gasteiger partial charge in [0, 0.05) is 10.9 Å². The largest absolute Gasteiger partial charge is 0.206 e. The van der Waals surface area contributed by atoms with Crippen molar-refractivity contribution >= 4 is 10.8 Å². The Morgan fingerprint density at radius 1 is 0.767 bits per heavy atom. The van der Waals surface area contributed by atoms with Crippen molar-refractivity contribution in [3.8, 4) is 29.0 Å². The van der Waals surface area contributed by atoms with Gasteiger partial charge in [-0.25, -0.2) is 8.78 Å². The van der Waals surface area contributed by atoms with E-state index in [1.807, 2.05) is 18.2 Å². The van der Waals surface area contributed by atoms with Crippen molar-refractivity contribution in [2.24, 2.45) is 0 Å². The van der Waals surface area contributed by atoms with Crippen LogP contribution in [0.3, 0.4) is 0 Å². The standard InChI is InChI=1S/C27H17F2N/c1-2-18-3-7-20(8-4-18)22-13-14-25-23(16-22)12-11-21(27(25)29)9-5-19-6-10-24(17-30)26(28)15-19/h3-4,6-8,10-16H,2H2,1H3. The Balaban J connectivity index is 1.68. The van der Waals surface area contributed by atoms with Crippen molar-refractivity contribution in [1.82, 2.24) is 0 Å². The highest BCUT2D eigenvalue weighted by Gasteiger charge is 2.08. The number of fused-ring (bicyclic) bond motifs is 1. The van der Waals surface area contributed by atoms with Crippen molar-refractivity contribution in [2.45, 2.75) is 13.3 Å². The van der Waals surface area contributed by atoms with Crippen molar-refractivity contribution in [1.29, 1.82) is 5.26 Å². The summed E-state index contributed by atoms with van der Waals surface area (Å²) in [5, 5.41) is 10.1. The Morgan fingerprint density at radius 3 is 2.20 bits per heavy atom. The minimum Gasteiger partial charge on any atom is -0.206 e. The quantitative estimate of drug-likeness (QED) is 0.351. The molecule has 0 unspecified atom stereocenters. The Bertz CT molecular complexity index is 1350. The molecule has 4 aromatic rings. The van der Waals surface area contributed by atoms with Crippen LogP contribution >= 0.6 is 0 Å². The SMILES string of the molecule is CCc1ccc(-c2ccc3c(F)c(C#Cc4ccc(C#N)c(F)c4)ccc3c2)cc1. The fourth-order valence-corrected chi connectivity index (χ4v) is 3.32. The van der Waals surface area contributed by atoms with Crippen molar-refractivity contribution < 1.29 is 8.78 Å². The van der Waals surface area contributed by atoms with E-state index in [1.165, 1.54) is 17.7 Å². The molecule has 4 aromatic carbocycles. The molecular weight excluding hydrogens is 376 g/mol. The van der Waals surface area contributed by atoms with Crippen LogP contribution in [-0.2, 0) is 6.42 Å². The molecule has 0 aromatic heterocycles. The summed E-state index contributed by atoms with van der Waals surface area (Å²) in [6, 6.07) is 23.3. The third-order valence-electron chi connectivity index (χ3n) is 5.08. The van der Waals surface area contributed by atoms with Gasteiger partial charge in [-0.05, 0) is 58.8 Å². The van der Waals surface area contributed by atoms with Crippen LogP contribution in [0.2, 0.25) is 0 Å². The second-order valence-electron chi connectivity index (χ2n) is 6.97. The number of halogens is 2. The Hall–Kier alpha value is -3.95. The van der Waals surface area contributed by atoms with Crippen molar-refractivity contribution in [3.63, 3.8) is 0 Å². The second kappa shape index (κ2) is 8.19. The first kappa shape index (κ1) is 19.4.